The lowest BCUT2D eigenvalue weighted by Gasteiger charge is -2.42. The number of alkyl halides is 3. The number of hydrazine groups is 1. The van der Waals surface area contributed by atoms with Crippen LogP contribution in [0.15, 0.2) is 35.9 Å². The van der Waals surface area contributed by atoms with Crippen molar-refractivity contribution in [3.05, 3.63) is 46.5 Å². The number of benzene rings is 1. The topological polar surface area (TPSA) is 209 Å². The van der Waals surface area contributed by atoms with Crippen molar-refractivity contribution in [1.82, 2.24) is 23.8 Å². The molecule has 2 unspecified atom stereocenters. The number of rotatable bonds is 14. The summed E-state index contributed by atoms with van der Waals surface area (Å²) in [6.45, 7) is 6.59. The van der Waals surface area contributed by atoms with Crippen molar-refractivity contribution in [2.24, 2.45) is 17.8 Å². The molecular weight excluding hydrogens is 1120 g/mol. The number of halogens is 5. The van der Waals surface area contributed by atoms with E-state index in [4.69, 9.17) is 35.3 Å². The Bertz CT molecular complexity index is 2310. The predicted octanol–water partition coefficient (Wildman–Crippen LogP) is 6.29. The summed E-state index contributed by atoms with van der Waals surface area (Å²) in [6, 6.07) is -0.281. The van der Waals surface area contributed by atoms with Crippen molar-refractivity contribution < 1.29 is 70.7 Å². The predicted molar refractivity (Wildman–Crippen MR) is 273 cm³/mol. The van der Waals surface area contributed by atoms with Crippen molar-refractivity contribution in [2.45, 2.75) is 145 Å². The number of carbonyl (C=O) groups excluding carboxylic acids is 6. The summed E-state index contributed by atoms with van der Waals surface area (Å²) in [5.74, 6) is -3.39. The maximum absolute atomic E-state index is 14.9. The van der Waals surface area contributed by atoms with Gasteiger partial charge in [-0.1, -0.05) is 42.3 Å². The van der Waals surface area contributed by atoms with E-state index >= 15 is 0 Å². The van der Waals surface area contributed by atoms with Crippen LogP contribution in [0.3, 0.4) is 0 Å². The maximum atomic E-state index is 14.9. The minimum atomic E-state index is -4.84. The van der Waals surface area contributed by atoms with Gasteiger partial charge in [-0.05, 0) is 95.7 Å². The number of alkyl carbamates (subject to hydrolysis) is 1. The first-order chi connectivity index (χ1) is 34.2. The van der Waals surface area contributed by atoms with E-state index in [0.717, 1.165) is 29.3 Å². The van der Waals surface area contributed by atoms with Crippen LogP contribution < -0.4 is 20.4 Å². The number of likely N-dealkylation sites (tertiary alicyclic amines) is 1. The minimum Gasteiger partial charge on any atom is -0.495 e. The molecule has 406 valence electrons. The summed E-state index contributed by atoms with van der Waals surface area (Å²) in [6.07, 6.45) is -3.48. The van der Waals surface area contributed by atoms with Crippen LogP contribution in [0, 0.1) is 17.8 Å². The molecule has 0 spiro atoms. The third-order valence-corrected chi connectivity index (χ3v) is 16.7. The van der Waals surface area contributed by atoms with Gasteiger partial charge in [0.2, 0.25) is 23.6 Å². The molecule has 73 heavy (non-hydrogen) atoms. The number of imide groups is 1. The van der Waals surface area contributed by atoms with Gasteiger partial charge in [0, 0.05) is 75.3 Å². The van der Waals surface area contributed by atoms with E-state index in [1.54, 1.807) is 54.5 Å². The number of amides is 5. The quantitative estimate of drug-likeness (QED) is 0.0467. The summed E-state index contributed by atoms with van der Waals surface area (Å²) < 4.78 is 75.6. The summed E-state index contributed by atoms with van der Waals surface area (Å²) in [5, 5.41) is 13.6. The molecule has 24 heteroatoms. The first kappa shape index (κ1) is 58.5. The highest BCUT2D eigenvalue weighted by molar-refractivity contribution is 14.1. The molecule has 5 aliphatic rings. The number of epoxide rings is 1. The van der Waals surface area contributed by atoms with Gasteiger partial charge in [0.25, 0.3) is 0 Å². The molecule has 1 aromatic carbocycles. The number of thioether (sulfide) groups is 1. The number of anilines is 1. The highest BCUT2D eigenvalue weighted by Gasteiger charge is 2.65. The van der Waals surface area contributed by atoms with Crippen molar-refractivity contribution in [2.75, 3.05) is 52.6 Å². The van der Waals surface area contributed by atoms with Gasteiger partial charge in [-0.15, -0.1) is 11.8 Å². The SMILES string of the molecule is COc1cc2cc(c1Cl)N(C)C(=O)C[C@H](OC(=O)[C@H](C)N(C)C(CCSC1CC(=O)N(CC3CCC(C(=O)NN(C)I)CC3)C1=O)C(F)(F)F)[C@]1(C)O[C@H]1[C@H](C)[C@@H]1C[C@@](O)(NC(=O)O1)[C@H](OC)/C=C/C=C(\C)C2. The number of ether oxygens (including phenoxy) is 5. The Morgan fingerprint density at radius 3 is 2.42 bits per heavy atom. The second kappa shape index (κ2) is 24.1. The van der Waals surface area contributed by atoms with Gasteiger partial charge in [-0.3, -0.25) is 44.5 Å². The van der Waals surface area contributed by atoms with E-state index in [9.17, 15) is 47.0 Å². The van der Waals surface area contributed by atoms with E-state index in [2.05, 4.69) is 10.7 Å². The average Bonchev–Trinajstić information content (AvgIpc) is 3.95. The van der Waals surface area contributed by atoms with E-state index in [1.807, 2.05) is 29.8 Å². The van der Waals surface area contributed by atoms with Crippen LogP contribution in [-0.2, 0) is 49.3 Å². The van der Waals surface area contributed by atoms with Gasteiger partial charge >= 0.3 is 18.2 Å². The average molecular weight is 1180 g/mol. The molecule has 0 radical (unpaired) electrons. The third kappa shape index (κ3) is 13.8. The summed E-state index contributed by atoms with van der Waals surface area (Å²) >= 11 is 9.70. The van der Waals surface area contributed by atoms with Crippen LogP contribution in [0.4, 0.5) is 23.7 Å². The first-order valence-corrected chi connectivity index (χ1v) is 26.6. The number of fused-ring (bicyclic) bond motifs is 5. The largest absolute Gasteiger partial charge is 0.495 e. The number of allylic oxidation sites excluding steroid dienone is 3. The number of aliphatic hydroxyl groups is 1. The molecule has 1 aromatic rings. The zero-order chi connectivity index (χ0) is 53.9. The van der Waals surface area contributed by atoms with Gasteiger partial charge < -0.3 is 33.7 Å². The highest BCUT2D eigenvalue weighted by Crippen LogP contribution is 2.49. The van der Waals surface area contributed by atoms with Crippen LogP contribution in [0.2, 0.25) is 5.02 Å². The van der Waals surface area contributed by atoms with E-state index < -0.39 is 108 Å². The third-order valence-electron chi connectivity index (χ3n) is 14.9. The Morgan fingerprint density at radius 2 is 1.79 bits per heavy atom. The molecule has 3 saturated heterocycles. The molecule has 6 rings (SSSR count). The Morgan fingerprint density at radius 1 is 1.11 bits per heavy atom. The normalized spacial score (nSPS) is 32.3. The molecule has 4 heterocycles. The molecule has 18 nitrogen and oxygen atoms in total. The fourth-order valence-electron chi connectivity index (χ4n) is 10.3. The van der Waals surface area contributed by atoms with Crippen molar-refractivity contribution in [3.8, 4) is 5.75 Å². The van der Waals surface area contributed by atoms with E-state index in [-0.39, 0.29) is 59.3 Å². The van der Waals surface area contributed by atoms with Crippen LogP contribution in [-0.4, -0.2) is 161 Å². The molecule has 10 atom stereocenters. The van der Waals surface area contributed by atoms with Gasteiger partial charge in [0.15, 0.2) is 5.72 Å². The molecule has 1 aliphatic carbocycles. The lowest BCUT2D eigenvalue weighted by Crippen LogP contribution is -2.63. The zero-order valence-corrected chi connectivity index (χ0v) is 46.2. The fraction of sp³-hybridized carbons (Fsp3) is 0.673. The molecular formula is C49H67ClF3IN6O12S. The van der Waals surface area contributed by atoms with Gasteiger partial charge in [0.05, 0.1) is 30.6 Å². The Hall–Kier alpha value is -3.72. The van der Waals surface area contributed by atoms with Gasteiger partial charge in [-0.2, -0.15) is 16.4 Å². The maximum Gasteiger partial charge on any atom is 0.409 e. The smallest absolute Gasteiger partial charge is 0.409 e. The minimum absolute atomic E-state index is 0.00216. The number of hydrogen-bond acceptors (Lipinski definition) is 15. The van der Waals surface area contributed by atoms with Crippen LogP contribution in [0.25, 0.3) is 0 Å². The Labute approximate surface area is 447 Å². The highest BCUT2D eigenvalue weighted by atomic mass is 127. The number of esters is 1. The number of likely N-dealkylation sites (N-methyl/N-ethyl adjacent to an activating group) is 1. The number of carbonyl (C=O) groups is 6. The fourth-order valence-corrected chi connectivity index (χ4v) is 12.0. The standard InChI is InChI=1S/C49H67ClF3IN6O12S/c1-26-11-10-12-37(69-9)48(67)24-34(70-46(66)55-48)27(2)42-47(4,72-42)38(23-39(61)58(6)32-20-30(19-26)21-33(68-8)41(32)50)71-45(65)28(3)57(5)36(49(51,52)53)17-18-73-35-22-40(62)60(44(35)64)25-29-13-15-31(16-14-29)43(63)56-59(7)54/h10-12,20-21,27-29,31,34-38,42,67H,13-19,22-25H2,1-9H3,(H,55,66)(H,56,63)/b12-10+,26-11+/t27-,28+,29?,31?,34+,35?,36?,37-,38+,42+,47+,48+/m1/s1. The number of methoxy groups -OCH3 is 2. The molecule has 1 saturated carbocycles. The van der Waals surface area contributed by atoms with Crippen molar-refractivity contribution in [3.63, 3.8) is 0 Å². The van der Waals surface area contributed by atoms with Gasteiger partial charge in [-0.25, -0.2) is 4.79 Å². The van der Waals surface area contributed by atoms with Crippen LogP contribution in [0.5, 0.6) is 5.75 Å². The summed E-state index contributed by atoms with van der Waals surface area (Å²) in [7, 11) is 7.13. The second-order valence-electron chi connectivity index (χ2n) is 20.0. The lowest BCUT2D eigenvalue weighted by atomic mass is 9.81. The van der Waals surface area contributed by atoms with Crippen LogP contribution >= 0.6 is 46.2 Å². The number of nitrogens with one attached hydrogen (secondary N) is 2. The molecule has 3 N–H and O–H groups in total. The molecule has 5 amide bonds. The Kier molecular flexibility index (Phi) is 19.3. The number of hydrogen-bond donors (Lipinski definition) is 3. The Balaban J connectivity index is 1.18. The van der Waals surface area contributed by atoms with E-state index in [1.165, 1.54) is 38.0 Å². The number of nitrogens with zero attached hydrogens (tertiary/aromatic N) is 4. The van der Waals surface area contributed by atoms with Crippen molar-refractivity contribution >= 4 is 87.6 Å². The lowest BCUT2D eigenvalue weighted by molar-refractivity contribution is -0.192. The van der Waals surface area contributed by atoms with Crippen LogP contribution in [0.1, 0.15) is 84.6 Å². The van der Waals surface area contributed by atoms with Gasteiger partial charge in [0.1, 0.15) is 46.8 Å². The first-order valence-electron chi connectivity index (χ1n) is 24.2. The molecule has 4 bridgehead atoms. The zero-order valence-electron chi connectivity index (χ0n) is 42.5. The summed E-state index contributed by atoms with van der Waals surface area (Å²) in [5.41, 5.74) is 1.20. The molecule has 4 fully saturated rings. The van der Waals surface area contributed by atoms with Crippen molar-refractivity contribution in [1.29, 1.82) is 0 Å². The van der Waals surface area contributed by atoms with E-state index in [0.29, 0.717) is 37.7 Å². The second-order valence-corrected chi connectivity index (χ2v) is 23.1. The summed E-state index contributed by atoms with van der Waals surface area (Å²) in [4.78, 5) is 83.9. The molecule has 0 aromatic heterocycles. The molecule has 4 aliphatic heterocycles. The monoisotopic (exact) mass is 1180 g/mol.